The lowest BCUT2D eigenvalue weighted by Gasteiger charge is -2.26. The molecular formula is C12H16N6. The number of aryl methyl sites for hydroxylation is 1. The Hall–Kier alpha value is -1.95. The molecule has 18 heavy (non-hydrogen) atoms. The van der Waals surface area contributed by atoms with Crippen LogP contribution in [0.15, 0.2) is 24.7 Å². The Kier molecular flexibility index (Phi) is 2.93. The number of nitrogens with zero attached hydrogens (tertiary/aromatic N) is 5. The van der Waals surface area contributed by atoms with Crippen molar-refractivity contribution in [1.29, 1.82) is 0 Å². The zero-order valence-corrected chi connectivity index (χ0v) is 10.4. The van der Waals surface area contributed by atoms with Gasteiger partial charge in [0, 0.05) is 51.2 Å². The van der Waals surface area contributed by atoms with E-state index in [0.29, 0.717) is 0 Å². The molecule has 1 N–H and O–H groups in total. The van der Waals surface area contributed by atoms with Gasteiger partial charge in [-0.15, -0.1) is 5.10 Å². The van der Waals surface area contributed by atoms with E-state index in [1.807, 2.05) is 30.1 Å². The molecule has 0 radical (unpaired) electrons. The zero-order valence-electron chi connectivity index (χ0n) is 10.4. The summed E-state index contributed by atoms with van der Waals surface area (Å²) in [6, 6.07) is 2.03. The van der Waals surface area contributed by atoms with Crippen molar-refractivity contribution in [2.24, 2.45) is 7.05 Å². The first-order valence-electron chi connectivity index (χ1n) is 6.11. The summed E-state index contributed by atoms with van der Waals surface area (Å²) >= 11 is 0. The standard InChI is InChI=1S/C12H16N6/c1-17-5-2-10(9-17)11-8-14-16-12(15-11)18-6-3-13-4-7-18/h2,5,8-9,13H,3-4,6-7H2,1H3. The van der Waals surface area contributed by atoms with Gasteiger partial charge in [0.1, 0.15) is 0 Å². The first-order chi connectivity index (χ1) is 8.83. The average molecular weight is 244 g/mol. The third kappa shape index (κ3) is 2.19. The monoisotopic (exact) mass is 244 g/mol. The number of anilines is 1. The highest BCUT2D eigenvalue weighted by molar-refractivity contribution is 5.58. The fourth-order valence-electron chi connectivity index (χ4n) is 2.09. The van der Waals surface area contributed by atoms with Crippen molar-refractivity contribution in [1.82, 2.24) is 25.1 Å². The van der Waals surface area contributed by atoms with Crippen molar-refractivity contribution in [2.75, 3.05) is 31.1 Å². The molecule has 0 atom stereocenters. The van der Waals surface area contributed by atoms with Crippen molar-refractivity contribution in [3.8, 4) is 11.3 Å². The Labute approximate surface area is 106 Å². The Morgan fingerprint density at radius 1 is 1.28 bits per heavy atom. The van der Waals surface area contributed by atoms with Gasteiger partial charge in [0.2, 0.25) is 5.95 Å². The molecule has 1 aliphatic heterocycles. The molecule has 2 aromatic rings. The van der Waals surface area contributed by atoms with Gasteiger partial charge in [-0.05, 0) is 6.07 Å². The molecule has 1 fully saturated rings. The van der Waals surface area contributed by atoms with Gasteiger partial charge in [0.15, 0.2) is 0 Å². The van der Waals surface area contributed by atoms with Gasteiger partial charge in [0.25, 0.3) is 0 Å². The van der Waals surface area contributed by atoms with E-state index in [-0.39, 0.29) is 0 Å². The van der Waals surface area contributed by atoms with Crippen molar-refractivity contribution < 1.29 is 0 Å². The molecule has 0 saturated carbocycles. The van der Waals surface area contributed by atoms with Crippen LogP contribution in [0.2, 0.25) is 0 Å². The van der Waals surface area contributed by atoms with Crippen LogP contribution in [0.3, 0.4) is 0 Å². The molecule has 94 valence electrons. The molecule has 3 heterocycles. The molecule has 0 aliphatic carbocycles. The predicted octanol–water partition coefficient (Wildman–Crippen LogP) is 0.287. The van der Waals surface area contributed by atoms with Crippen LogP contribution in [0.4, 0.5) is 5.95 Å². The second-order valence-corrected chi connectivity index (χ2v) is 4.44. The minimum Gasteiger partial charge on any atom is -0.357 e. The van der Waals surface area contributed by atoms with Crippen LogP contribution in [0, 0.1) is 0 Å². The third-order valence-electron chi connectivity index (χ3n) is 3.08. The van der Waals surface area contributed by atoms with Gasteiger partial charge in [-0.2, -0.15) is 5.10 Å². The Morgan fingerprint density at radius 3 is 2.83 bits per heavy atom. The van der Waals surface area contributed by atoms with Gasteiger partial charge in [-0.25, -0.2) is 4.98 Å². The highest BCUT2D eigenvalue weighted by atomic mass is 15.3. The molecule has 0 unspecified atom stereocenters. The molecule has 6 heteroatoms. The average Bonchev–Trinajstić information content (AvgIpc) is 2.87. The molecule has 1 aliphatic rings. The minimum atomic E-state index is 0.720. The number of nitrogens with one attached hydrogen (secondary N) is 1. The van der Waals surface area contributed by atoms with Crippen molar-refractivity contribution in [2.45, 2.75) is 0 Å². The Morgan fingerprint density at radius 2 is 2.11 bits per heavy atom. The van der Waals surface area contributed by atoms with Gasteiger partial charge in [-0.1, -0.05) is 0 Å². The van der Waals surface area contributed by atoms with Crippen LogP contribution >= 0.6 is 0 Å². The van der Waals surface area contributed by atoms with E-state index in [1.54, 1.807) is 6.20 Å². The largest absolute Gasteiger partial charge is 0.357 e. The van der Waals surface area contributed by atoms with Gasteiger partial charge < -0.3 is 14.8 Å². The van der Waals surface area contributed by atoms with Crippen LogP contribution < -0.4 is 10.2 Å². The maximum absolute atomic E-state index is 4.59. The number of rotatable bonds is 2. The maximum Gasteiger partial charge on any atom is 0.245 e. The topological polar surface area (TPSA) is 58.9 Å². The van der Waals surface area contributed by atoms with Gasteiger partial charge >= 0.3 is 0 Å². The van der Waals surface area contributed by atoms with Crippen molar-refractivity contribution >= 4 is 5.95 Å². The zero-order chi connectivity index (χ0) is 12.4. The summed E-state index contributed by atoms with van der Waals surface area (Å²) in [6.45, 7) is 3.80. The van der Waals surface area contributed by atoms with Gasteiger partial charge in [-0.3, -0.25) is 0 Å². The van der Waals surface area contributed by atoms with Crippen molar-refractivity contribution in [3.05, 3.63) is 24.7 Å². The molecule has 0 aromatic carbocycles. The second-order valence-electron chi connectivity index (χ2n) is 4.44. The van der Waals surface area contributed by atoms with E-state index in [9.17, 15) is 0 Å². The Balaban J connectivity index is 1.88. The summed E-state index contributed by atoms with van der Waals surface area (Å²) in [5.41, 5.74) is 1.95. The predicted molar refractivity (Wildman–Crippen MR) is 69.3 cm³/mol. The molecule has 0 spiro atoms. The summed E-state index contributed by atoms with van der Waals surface area (Å²) in [5.74, 6) is 0.720. The van der Waals surface area contributed by atoms with Crippen molar-refractivity contribution in [3.63, 3.8) is 0 Å². The van der Waals surface area contributed by atoms with Gasteiger partial charge in [0.05, 0.1) is 11.9 Å². The fraction of sp³-hybridized carbons (Fsp3) is 0.417. The molecule has 0 bridgehead atoms. The number of hydrogen-bond acceptors (Lipinski definition) is 5. The number of hydrogen-bond donors (Lipinski definition) is 1. The van der Waals surface area contributed by atoms with Crippen LogP contribution in [0.25, 0.3) is 11.3 Å². The summed E-state index contributed by atoms with van der Waals surface area (Å²) in [6.07, 6.45) is 5.74. The van der Waals surface area contributed by atoms with E-state index < -0.39 is 0 Å². The van der Waals surface area contributed by atoms with E-state index in [4.69, 9.17) is 0 Å². The molecular weight excluding hydrogens is 228 g/mol. The second kappa shape index (κ2) is 4.73. The van der Waals surface area contributed by atoms with Crippen LogP contribution in [0.1, 0.15) is 0 Å². The molecule has 1 saturated heterocycles. The van der Waals surface area contributed by atoms with E-state index >= 15 is 0 Å². The normalized spacial score (nSPS) is 15.9. The summed E-state index contributed by atoms with van der Waals surface area (Å²) < 4.78 is 2.00. The molecule has 3 rings (SSSR count). The Bertz CT molecular complexity index is 529. The van der Waals surface area contributed by atoms with E-state index in [2.05, 4.69) is 25.4 Å². The highest BCUT2D eigenvalue weighted by Crippen LogP contribution is 2.18. The lowest BCUT2D eigenvalue weighted by molar-refractivity contribution is 0.577. The van der Waals surface area contributed by atoms with Crippen LogP contribution in [-0.2, 0) is 7.05 Å². The van der Waals surface area contributed by atoms with Crippen LogP contribution in [0.5, 0.6) is 0 Å². The number of aromatic nitrogens is 4. The quantitative estimate of drug-likeness (QED) is 0.822. The smallest absolute Gasteiger partial charge is 0.245 e. The summed E-state index contributed by atoms with van der Waals surface area (Å²) in [4.78, 5) is 6.75. The minimum absolute atomic E-state index is 0.720. The van der Waals surface area contributed by atoms with Crippen LogP contribution in [-0.4, -0.2) is 45.9 Å². The summed E-state index contributed by atoms with van der Waals surface area (Å²) in [7, 11) is 2.00. The molecule has 6 nitrogen and oxygen atoms in total. The molecule has 0 amide bonds. The molecule has 2 aromatic heterocycles. The maximum atomic E-state index is 4.59. The third-order valence-corrected chi connectivity index (χ3v) is 3.08. The number of piperazine rings is 1. The lowest BCUT2D eigenvalue weighted by Crippen LogP contribution is -2.44. The first-order valence-corrected chi connectivity index (χ1v) is 6.11. The SMILES string of the molecule is Cn1ccc(-c2cnnc(N3CCNCC3)n2)c1. The van der Waals surface area contributed by atoms with E-state index in [1.165, 1.54) is 0 Å². The first kappa shape index (κ1) is 11.2. The highest BCUT2D eigenvalue weighted by Gasteiger charge is 2.14. The lowest BCUT2D eigenvalue weighted by atomic mass is 10.2. The van der Waals surface area contributed by atoms with E-state index in [0.717, 1.165) is 43.4 Å². The summed E-state index contributed by atoms with van der Waals surface area (Å²) in [5, 5.41) is 11.5. The fourth-order valence-corrected chi connectivity index (χ4v) is 2.09.